The highest BCUT2D eigenvalue weighted by Crippen LogP contribution is 2.22. The molecule has 3 rings (SSSR count). The molecule has 0 unspecified atom stereocenters. The maximum Gasteiger partial charge on any atom is 0.251 e. The number of hydrogen-bond donors (Lipinski definition) is 2. The molecule has 6 heteroatoms. The lowest BCUT2D eigenvalue weighted by Gasteiger charge is -2.06. The smallest absolute Gasteiger partial charge is 0.251 e. The Kier molecular flexibility index (Phi) is 4.56. The van der Waals surface area contributed by atoms with Gasteiger partial charge in [-0.1, -0.05) is 12.1 Å². The molecule has 0 bridgehead atoms. The molecule has 0 atom stereocenters. The second kappa shape index (κ2) is 6.95. The topological polar surface area (TPSA) is 88.0 Å². The second-order valence-corrected chi connectivity index (χ2v) is 5.40. The molecule has 122 valence electrons. The average Bonchev–Trinajstić information content (AvgIpc) is 3.01. The lowest BCUT2D eigenvalue weighted by molar-refractivity contribution is 0.0954. The van der Waals surface area contributed by atoms with Gasteiger partial charge in [-0.05, 0) is 31.2 Å². The van der Waals surface area contributed by atoms with E-state index in [-0.39, 0.29) is 11.5 Å². The van der Waals surface area contributed by atoms with Crippen LogP contribution in [0.4, 0.5) is 0 Å². The maximum absolute atomic E-state index is 12.3. The molecule has 0 aliphatic rings. The molecule has 24 heavy (non-hydrogen) atoms. The van der Waals surface area contributed by atoms with Crippen molar-refractivity contribution >= 4 is 5.91 Å². The summed E-state index contributed by atoms with van der Waals surface area (Å²) in [5.74, 6) is 1.38. The minimum atomic E-state index is -0.201. The van der Waals surface area contributed by atoms with Crippen LogP contribution in [0.2, 0.25) is 0 Å². The summed E-state index contributed by atoms with van der Waals surface area (Å²) < 4.78 is 5.58. The second-order valence-electron chi connectivity index (χ2n) is 5.40. The van der Waals surface area contributed by atoms with Crippen LogP contribution in [0.5, 0.6) is 0 Å². The van der Waals surface area contributed by atoms with Gasteiger partial charge in [0.25, 0.3) is 11.5 Å². The van der Waals surface area contributed by atoms with Gasteiger partial charge in [0, 0.05) is 35.9 Å². The zero-order chi connectivity index (χ0) is 16.9. The molecule has 0 aliphatic carbocycles. The van der Waals surface area contributed by atoms with Crippen LogP contribution in [-0.2, 0) is 6.42 Å². The lowest BCUT2D eigenvalue weighted by atomic mass is 10.1. The molecular weight excluding hydrogens is 306 g/mol. The fraction of sp³-hybridized carbons (Fsp3) is 0.167. The number of aryl methyl sites for hydroxylation is 1. The zero-order valence-corrected chi connectivity index (χ0v) is 13.2. The Morgan fingerprint density at radius 2 is 2.12 bits per heavy atom. The normalized spacial score (nSPS) is 10.5. The number of aromatic amines is 1. The number of amides is 1. The molecule has 1 aromatic carbocycles. The number of nitrogens with zero attached hydrogens (tertiary/aromatic N) is 1. The number of H-pyrrole nitrogens is 1. The number of rotatable bonds is 5. The molecule has 2 N–H and O–H groups in total. The van der Waals surface area contributed by atoms with Crippen molar-refractivity contribution in [1.29, 1.82) is 0 Å². The molecule has 0 aliphatic heterocycles. The fourth-order valence-electron chi connectivity index (χ4n) is 2.36. The van der Waals surface area contributed by atoms with E-state index in [4.69, 9.17) is 4.42 Å². The first kappa shape index (κ1) is 15.7. The fourth-order valence-corrected chi connectivity index (χ4v) is 2.36. The summed E-state index contributed by atoms with van der Waals surface area (Å²) in [6, 6.07) is 12.4. The number of aromatic nitrogens is 2. The van der Waals surface area contributed by atoms with Crippen molar-refractivity contribution in [1.82, 2.24) is 15.3 Å². The van der Waals surface area contributed by atoms with E-state index in [0.29, 0.717) is 24.2 Å². The summed E-state index contributed by atoms with van der Waals surface area (Å²) in [7, 11) is 0. The summed E-state index contributed by atoms with van der Waals surface area (Å²) in [4.78, 5) is 30.0. The first-order valence-electron chi connectivity index (χ1n) is 7.60. The Morgan fingerprint density at radius 3 is 2.88 bits per heavy atom. The van der Waals surface area contributed by atoms with Gasteiger partial charge < -0.3 is 14.7 Å². The van der Waals surface area contributed by atoms with Gasteiger partial charge in [0.05, 0.1) is 6.33 Å². The summed E-state index contributed by atoms with van der Waals surface area (Å²) in [5, 5.41) is 2.83. The van der Waals surface area contributed by atoms with Crippen LogP contribution >= 0.6 is 0 Å². The first-order chi connectivity index (χ1) is 11.6. The highest BCUT2D eigenvalue weighted by Gasteiger charge is 2.09. The largest absolute Gasteiger partial charge is 0.461 e. The van der Waals surface area contributed by atoms with Crippen molar-refractivity contribution in [2.75, 3.05) is 6.54 Å². The van der Waals surface area contributed by atoms with Crippen molar-refractivity contribution < 1.29 is 9.21 Å². The molecule has 1 amide bonds. The quantitative estimate of drug-likeness (QED) is 0.754. The Morgan fingerprint density at radius 1 is 1.25 bits per heavy atom. The number of benzene rings is 1. The van der Waals surface area contributed by atoms with E-state index in [9.17, 15) is 9.59 Å². The molecule has 6 nitrogen and oxygen atoms in total. The van der Waals surface area contributed by atoms with E-state index < -0.39 is 0 Å². The molecule has 0 saturated heterocycles. The van der Waals surface area contributed by atoms with Gasteiger partial charge in [0.15, 0.2) is 0 Å². The molecule has 0 fully saturated rings. The molecule has 2 heterocycles. The van der Waals surface area contributed by atoms with E-state index in [1.165, 1.54) is 12.4 Å². The number of furan rings is 1. The Bertz CT molecular complexity index is 911. The van der Waals surface area contributed by atoms with Gasteiger partial charge in [-0.25, -0.2) is 4.98 Å². The molecular formula is C18H17N3O3. The SMILES string of the molecule is Cc1ccc(-c2cccc(C(=O)NCCc3cc(=O)[nH]cn3)c2)o1. The zero-order valence-electron chi connectivity index (χ0n) is 13.2. The Labute approximate surface area is 138 Å². The standard InChI is InChI=1S/C18H17N3O3/c1-12-5-6-16(24-12)13-3-2-4-14(9-13)18(23)19-8-7-15-10-17(22)21-11-20-15/h2-6,9-11H,7-8H2,1H3,(H,19,23)(H,20,21,22). The average molecular weight is 323 g/mol. The Hall–Kier alpha value is -3.15. The molecule has 0 spiro atoms. The van der Waals surface area contributed by atoms with Crippen molar-refractivity contribution in [3.05, 3.63) is 76.2 Å². The van der Waals surface area contributed by atoms with E-state index in [2.05, 4.69) is 15.3 Å². The van der Waals surface area contributed by atoms with Gasteiger partial charge in [0.1, 0.15) is 11.5 Å². The van der Waals surface area contributed by atoms with Crippen molar-refractivity contribution in [3.8, 4) is 11.3 Å². The number of nitrogens with one attached hydrogen (secondary N) is 2. The summed E-state index contributed by atoms with van der Waals surface area (Å²) in [6.45, 7) is 2.28. The highest BCUT2D eigenvalue weighted by molar-refractivity contribution is 5.95. The van der Waals surface area contributed by atoms with E-state index in [1.54, 1.807) is 12.1 Å². The van der Waals surface area contributed by atoms with E-state index in [1.807, 2.05) is 31.2 Å². The number of carbonyl (C=O) groups is 1. The van der Waals surface area contributed by atoms with Gasteiger partial charge in [-0.3, -0.25) is 9.59 Å². The van der Waals surface area contributed by atoms with Crippen molar-refractivity contribution in [2.45, 2.75) is 13.3 Å². The Balaban J connectivity index is 1.64. The lowest BCUT2D eigenvalue weighted by Crippen LogP contribution is -2.26. The van der Waals surface area contributed by atoms with Gasteiger partial charge in [-0.15, -0.1) is 0 Å². The summed E-state index contributed by atoms with van der Waals surface area (Å²) >= 11 is 0. The molecule has 0 radical (unpaired) electrons. The highest BCUT2D eigenvalue weighted by atomic mass is 16.3. The van der Waals surface area contributed by atoms with Gasteiger partial charge in [-0.2, -0.15) is 0 Å². The van der Waals surface area contributed by atoms with Crippen LogP contribution in [0.1, 0.15) is 21.8 Å². The predicted octanol–water partition coefficient (Wildman–Crippen LogP) is 2.31. The van der Waals surface area contributed by atoms with Crippen LogP contribution in [-0.4, -0.2) is 22.4 Å². The van der Waals surface area contributed by atoms with Crippen LogP contribution in [0.3, 0.4) is 0 Å². The minimum Gasteiger partial charge on any atom is -0.461 e. The predicted molar refractivity (Wildman–Crippen MR) is 89.8 cm³/mol. The van der Waals surface area contributed by atoms with Gasteiger partial charge in [0.2, 0.25) is 0 Å². The summed E-state index contributed by atoms with van der Waals surface area (Å²) in [5.41, 5.74) is 1.85. The van der Waals surface area contributed by atoms with Crippen LogP contribution in [0.25, 0.3) is 11.3 Å². The third kappa shape index (κ3) is 3.78. The van der Waals surface area contributed by atoms with Crippen molar-refractivity contribution in [2.24, 2.45) is 0 Å². The summed E-state index contributed by atoms with van der Waals surface area (Å²) in [6.07, 6.45) is 1.85. The number of hydrogen-bond acceptors (Lipinski definition) is 4. The molecule has 2 aromatic heterocycles. The van der Waals surface area contributed by atoms with Crippen molar-refractivity contribution in [3.63, 3.8) is 0 Å². The van der Waals surface area contributed by atoms with Crippen LogP contribution in [0, 0.1) is 6.92 Å². The molecule has 3 aromatic rings. The minimum absolute atomic E-state index is 0.176. The van der Waals surface area contributed by atoms with Crippen LogP contribution in [0.15, 0.2) is 58.0 Å². The van der Waals surface area contributed by atoms with E-state index in [0.717, 1.165) is 17.1 Å². The van der Waals surface area contributed by atoms with Gasteiger partial charge >= 0.3 is 0 Å². The number of carbonyl (C=O) groups excluding carboxylic acids is 1. The first-order valence-corrected chi connectivity index (χ1v) is 7.60. The van der Waals surface area contributed by atoms with Crippen LogP contribution < -0.4 is 10.9 Å². The third-order valence-corrected chi connectivity index (χ3v) is 3.55. The monoisotopic (exact) mass is 323 g/mol. The van der Waals surface area contributed by atoms with E-state index >= 15 is 0 Å². The maximum atomic E-state index is 12.3. The molecule has 0 saturated carbocycles. The third-order valence-electron chi connectivity index (χ3n) is 3.55.